The third-order valence-corrected chi connectivity index (χ3v) is 5.49. The smallest absolute Gasteiger partial charge is 0.166 e. The Bertz CT molecular complexity index is 1100. The molecule has 33 heavy (non-hydrogen) atoms. The van der Waals surface area contributed by atoms with Crippen LogP contribution >= 0.6 is 0 Å². The van der Waals surface area contributed by atoms with Crippen molar-refractivity contribution >= 4 is 17.2 Å². The Morgan fingerprint density at radius 2 is 2.15 bits per heavy atom. The van der Waals surface area contributed by atoms with Crippen molar-refractivity contribution in [3.8, 4) is 5.75 Å². The summed E-state index contributed by atoms with van der Waals surface area (Å²) < 4.78 is 25.8. The van der Waals surface area contributed by atoms with Crippen molar-refractivity contribution in [2.24, 2.45) is 5.73 Å². The van der Waals surface area contributed by atoms with E-state index in [0.717, 1.165) is 11.3 Å². The van der Waals surface area contributed by atoms with Crippen molar-refractivity contribution < 1.29 is 13.9 Å². The molecule has 0 aliphatic carbocycles. The molecule has 3 rings (SSSR count). The highest BCUT2D eigenvalue weighted by molar-refractivity contribution is 6.12. The Kier molecular flexibility index (Phi) is 7.67. The second-order valence-electron chi connectivity index (χ2n) is 7.70. The fourth-order valence-corrected chi connectivity index (χ4v) is 3.85. The van der Waals surface area contributed by atoms with Gasteiger partial charge in [-0.1, -0.05) is 0 Å². The van der Waals surface area contributed by atoms with E-state index in [1.807, 2.05) is 6.92 Å². The van der Waals surface area contributed by atoms with Crippen LogP contribution in [0.25, 0.3) is 5.70 Å². The number of nitrogen functional groups attached to an aromatic ring is 1. The Balaban J connectivity index is 2.35. The van der Waals surface area contributed by atoms with Gasteiger partial charge in [0.2, 0.25) is 0 Å². The van der Waals surface area contributed by atoms with Gasteiger partial charge in [0.05, 0.1) is 5.71 Å². The number of hydrogen-bond donors (Lipinski definition) is 5. The lowest BCUT2D eigenvalue weighted by molar-refractivity contribution is 0.135. The highest BCUT2D eigenvalue weighted by atomic mass is 19.1. The normalized spacial score (nSPS) is 20.8. The maximum Gasteiger partial charge on any atom is 0.166 e. The lowest BCUT2D eigenvalue weighted by atomic mass is 9.90. The minimum absolute atomic E-state index is 0.208. The second-order valence-corrected chi connectivity index (χ2v) is 7.70. The van der Waals surface area contributed by atoms with Gasteiger partial charge in [-0.2, -0.15) is 0 Å². The number of benzene rings is 1. The number of nitrogens with two attached hydrogens (primary N) is 2. The molecule has 1 aliphatic rings. The number of anilines is 1. The van der Waals surface area contributed by atoms with E-state index in [4.69, 9.17) is 26.4 Å². The molecule has 176 valence electrons. The van der Waals surface area contributed by atoms with Crippen LogP contribution in [-0.4, -0.2) is 37.6 Å². The van der Waals surface area contributed by atoms with Gasteiger partial charge in [-0.15, -0.1) is 0 Å². The van der Waals surface area contributed by atoms with Crippen molar-refractivity contribution in [1.29, 1.82) is 5.41 Å². The highest BCUT2D eigenvalue weighted by Gasteiger charge is 2.25. The first-order valence-corrected chi connectivity index (χ1v) is 10.7. The van der Waals surface area contributed by atoms with Gasteiger partial charge < -0.3 is 31.6 Å². The Morgan fingerprint density at radius 3 is 2.82 bits per heavy atom. The first-order chi connectivity index (χ1) is 15.8. The summed E-state index contributed by atoms with van der Waals surface area (Å²) in [7, 11) is 3.29. The van der Waals surface area contributed by atoms with Crippen molar-refractivity contribution in [3.05, 3.63) is 70.3 Å². The van der Waals surface area contributed by atoms with Crippen LogP contribution in [0.3, 0.4) is 0 Å². The van der Waals surface area contributed by atoms with Crippen molar-refractivity contribution in [2.75, 3.05) is 26.4 Å². The first-order valence-electron chi connectivity index (χ1n) is 10.7. The minimum Gasteiger partial charge on any atom is -0.482 e. The quantitative estimate of drug-likeness (QED) is 0.439. The summed E-state index contributed by atoms with van der Waals surface area (Å²) in [6.45, 7) is 4.38. The zero-order valence-corrected chi connectivity index (χ0v) is 19.3. The standard InChI is InChI=1S/C24H31FN6O2/c1-5-30-22-15-9-20(23(27)31-12-15)33-13(2)18-10-16(25)6-7-17(18)21(26)14(11-29-3)8-19(22)24(28)32-4/h6-7,9-13,24,26,29-30H,5,8,28H2,1-4H3,(H2,27,31)/b14-11-,22-19-,26-21?. The molecule has 7 N–H and O–H groups in total. The number of nitrogens with zero attached hydrogens (tertiary/aromatic N) is 1. The number of ether oxygens (including phenoxy) is 2. The molecule has 0 saturated heterocycles. The molecule has 1 aromatic carbocycles. The molecular formula is C24H31FN6O2. The molecule has 0 radical (unpaired) electrons. The molecule has 0 amide bonds. The number of halogens is 1. The van der Waals surface area contributed by atoms with Crippen LogP contribution in [0.4, 0.5) is 10.2 Å². The molecule has 1 aromatic heterocycles. The molecule has 1 aliphatic heterocycles. The second kappa shape index (κ2) is 10.5. The molecule has 2 atom stereocenters. The van der Waals surface area contributed by atoms with Gasteiger partial charge in [0.1, 0.15) is 18.1 Å². The molecule has 0 fully saturated rings. The van der Waals surface area contributed by atoms with Crippen LogP contribution in [-0.2, 0) is 4.74 Å². The number of fused-ring (bicyclic) bond motifs is 3. The summed E-state index contributed by atoms with van der Waals surface area (Å²) in [6, 6.07) is 6.09. The van der Waals surface area contributed by atoms with Gasteiger partial charge in [0.25, 0.3) is 0 Å². The van der Waals surface area contributed by atoms with Gasteiger partial charge in [-0.3, -0.25) is 5.41 Å². The molecule has 8 nitrogen and oxygen atoms in total. The zero-order chi connectivity index (χ0) is 24.1. The third kappa shape index (κ3) is 5.15. The fourth-order valence-electron chi connectivity index (χ4n) is 3.85. The zero-order valence-electron chi connectivity index (χ0n) is 19.3. The number of rotatable bonds is 5. The number of aromatic nitrogens is 1. The molecular weight excluding hydrogens is 423 g/mol. The van der Waals surface area contributed by atoms with E-state index >= 15 is 0 Å². The molecule has 9 heteroatoms. The van der Waals surface area contributed by atoms with Crippen molar-refractivity contribution in [1.82, 2.24) is 15.6 Å². The maximum atomic E-state index is 14.2. The average Bonchev–Trinajstić information content (AvgIpc) is 2.80. The SMILES string of the molecule is CCN/C1=C(\C(N)OC)C/C(=C/NC)C(=N)c2ccc(F)cc2C(C)Oc2cc1cnc2N. The van der Waals surface area contributed by atoms with E-state index in [1.165, 1.54) is 19.2 Å². The van der Waals surface area contributed by atoms with E-state index in [9.17, 15) is 4.39 Å². The number of nitrogens with one attached hydrogen (secondary N) is 3. The van der Waals surface area contributed by atoms with Crippen LogP contribution in [0.1, 0.15) is 43.1 Å². The van der Waals surface area contributed by atoms with Gasteiger partial charge in [-0.25, -0.2) is 9.37 Å². The van der Waals surface area contributed by atoms with Gasteiger partial charge in [-0.05, 0) is 43.7 Å². The van der Waals surface area contributed by atoms with Crippen molar-refractivity contribution in [2.45, 2.75) is 32.6 Å². The summed E-state index contributed by atoms with van der Waals surface area (Å²) in [5.74, 6) is 0.147. The van der Waals surface area contributed by atoms with Crippen LogP contribution in [0, 0.1) is 11.2 Å². The third-order valence-electron chi connectivity index (χ3n) is 5.49. The summed E-state index contributed by atoms with van der Waals surface area (Å²) in [6.07, 6.45) is 2.36. The van der Waals surface area contributed by atoms with Crippen LogP contribution in [0.2, 0.25) is 0 Å². The van der Waals surface area contributed by atoms with E-state index in [-0.39, 0.29) is 11.5 Å². The predicted molar refractivity (Wildman–Crippen MR) is 128 cm³/mol. The highest BCUT2D eigenvalue weighted by Crippen LogP contribution is 2.34. The lowest BCUT2D eigenvalue weighted by Gasteiger charge is -2.26. The maximum absolute atomic E-state index is 14.2. The van der Waals surface area contributed by atoms with Crippen LogP contribution in [0.5, 0.6) is 5.75 Å². The van der Waals surface area contributed by atoms with E-state index < -0.39 is 18.1 Å². The minimum atomic E-state index is -0.747. The summed E-state index contributed by atoms with van der Waals surface area (Å²) in [5.41, 5.74) is 16.6. The van der Waals surface area contributed by atoms with Gasteiger partial charge in [0.15, 0.2) is 11.6 Å². The monoisotopic (exact) mass is 454 g/mol. The fraction of sp³-hybridized carbons (Fsp3) is 0.333. The molecule has 0 spiro atoms. The molecule has 2 aromatic rings. The Labute approximate surface area is 193 Å². The molecule has 2 heterocycles. The largest absolute Gasteiger partial charge is 0.482 e. The summed E-state index contributed by atoms with van der Waals surface area (Å²) in [4.78, 5) is 4.31. The molecule has 2 unspecified atom stereocenters. The number of methoxy groups -OCH3 is 1. The number of hydrogen-bond acceptors (Lipinski definition) is 8. The Hall–Kier alpha value is -3.43. The summed E-state index contributed by atoms with van der Waals surface area (Å²) >= 11 is 0. The predicted octanol–water partition coefficient (Wildman–Crippen LogP) is 3.07. The number of allylic oxidation sites excluding steroid dienone is 1. The van der Waals surface area contributed by atoms with Crippen LogP contribution < -0.4 is 26.8 Å². The van der Waals surface area contributed by atoms with E-state index in [2.05, 4.69) is 15.6 Å². The average molecular weight is 455 g/mol. The van der Waals surface area contributed by atoms with Gasteiger partial charge >= 0.3 is 0 Å². The molecule has 0 saturated carbocycles. The topological polar surface area (TPSA) is 131 Å². The van der Waals surface area contributed by atoms with Crippen LogP contribution in [0.15, 0.2) is 47.8 Å². The van der Waals surface area contributed by atoms with E-state index in [0.29, 0.717) is 41.0 Å². The summed E-state index contributed by atoms with van der Waals surface area (Å²) in [5, 5.41) is 15.4. The van der Waals surface area contributed by atoms with E-state index in [1.54, 1.807) is 38.5 Å². The number of pyridine rings is 1. The first kappa shape index (κ1) is 24.2. The van der Waals surface area contributed by atoms with Gasteiger partial charge in [0, 0.05) is 67.5 Å². The lowest BCUT2D eigenvalue weighted by Crippen LogP contribution is -2.30. The Morgan fingerprint density at radius 1 is 1.39 bits per heavy atom. The van der Waals surface area contributed by atoms with Crippen molar-refractivity contribution in [3.63, 3.8) is 0 Å². The molecule has 2 bridgehead atoms.